The lowest BCUT2D eigenvalue weighted by Crippen LogP contribution is -2.13. The van der Waals surface area contributed by atoms with Crippen molar-refractivity contribution in [3.63, 3.8) is 0 Å². The van der Waals surface area contributed by atoms with Crippen molar-refractivity contribution in [2.45, 2.75) is 25.1 Å². The molecule has 4 heteroatoms. The third-order valence-corrected chi connectivity index (χ3v) is 4.65. The average molecular weight is 278 g/mol. The first kappa shape index (κ1) is 13.6. The van der Waals surface area contributed by atoms with Gasteiger partial charge in [-0.2, -0.15) is 11.8 Å². The van der Waals surface area contributed by atoms with Crippen LogP contribution in [0.3, 0.4) is 0 Å². The van der Waals surface area contributed by atoms with E-state index in [-0.39, 0.29) is 6.04 Å². The van der Waals surface area contributed by atoms with Gasteiger partial charge in [0, 0.05) is 23.6 Å². The van der Waals surface area contributed by atoms with Crippen molar-refractivity contribution in [2.24, 2.45) is 5.73 Å². The second kappa shape index (κ2) is 6.92. The molecule has 0 bridgehead atoms. The van der Waals surface area contributed by atoms with E-state index in [4.69, 9.17) is 5.73 Å². The molecule has 0 amide bonds. The molecule has 0 aliphatic carbocycles. The monoisotopic (exact) mass is 278 g/mol. The zero-order valence-electron chi connectivity index (χ0n) is 10.5. The number of thioether (sulfide) groups is 1. The summed E-state index contributed by atoms with van der Waals surface area (Å²) in [5.41, 5.74) is 8.49. The summed E-state index contributed by atoms with van der Waals surface area (Å²) in [5.74, 6) is 2.15. The van der Waals surface area contributed by atoms with Gasteiger partial charge < -0.3 is 5.73 Å². The Hall–Kier alpha value is -0.840. The molecule has 0 saturated heterocycles. The summed E-state index contributed by atoms with van der Waals surface area (Å²) < 4.78 is 0. The van der Waals surface area contributed by atoms with Crippen LogP contribution >= 0.6 is 23.1 Å². The molecule has 0 saturated carbocycles. The molecule has 2 N–H and O–H groups in total. The summed E-state index contributed by atoms with van der Waals surface area (Å²) in [5, 5.41) is 3.34. The minimum atomic E-state index is 0.0416. The summed E-state index contributed by atoms with van der Waals surface area (Å²) in [6, 6.07) is 10.3. The molecule has 1 atom stereocenters. The zero-order chi connectivity index (χ0) is 12.8. The molecule has 1 aromatic heterocycles. The van der Waals surface area contributed by atoms with Gasteiger partial charge in [-0.3, -0.25) is 0 Å². The van der Waals surface area contributed by atoms with E-state index < -0.39 is 0 Å². The van der Waals surface area contributed by atoms with E-state index in [1.54, 1.807) is 11.3 Å². The molecule has 0 aliphatic rings. The lowest BCUT2D eigenvalue weighted by Gasteiger charge is -2.09. The second-order valence-electron chi connectivity index (χ2n) is 4.09. The van der Waals surface area contributed by atoms with Gasteiger partial charge in [0.1, 0.15) is 5.01 Å². The summed E-state index contributed by atoms with van der Waals surface area (Å²) in [6.07, 6.45) is 0.817. The van der Waals surface area contributed by atoms with Crippen LogP contribution in [0.15, 0.2) is 35.7 Å². The smallest absolute Gasteiger partial charge is 0.103 e. The van der Waals surface area contributed by atoms with Crippen LogP contribution in [-0.4, -0.2) is 10.7 Å². The lowest BCUT2D eigenvalue weighted by molar-refractivity contribution is 0.709. The highest BCUT2D eigenvalue weighted by Crippen LogP contribution is 2.20. The number of hydrogen-bond donors (Lipinski definition) is 1. The summed E-state index contributed by atoms with van der Waals surface area (Å²) in [4.78, 5) is 4.63. The molecule has 2 aromatic rings. The predicted octanol–water partition coefficient (Wildman–Crippen LogP) is 3.64. The third kappa shape index (κ3) is 3.83. The molecule has 1 aromatic carbocycles. The van der Waals surface area contributed by atoms with Crippen molar-refractivity contribution in [3.8, 4) is 0 Å². The van der Waals surface area contributed by atoms with Crippen LogP contribution in [0.2, 0.25) is 0 Å². The number of nitrogens with zero attached hydrogens (tertiary/aromatic N) is 1. The number of rotatable bonds is 6. The second-order valence-corrected chi connectivity index (χ2v) is 6.31. The maximum atomic E-state index is 6.20. The fourth-order valence-electron chi connectivity index (χ4n) is 1.74. The Balaban J connectivity index is 1.95. The standard InChI is InChI=1S/C14H18N2S2/c1-2-17-10-14-16-12(9-18-14)8-13(15)11-6-4-3-5-7-11/h3-7,9,13H,2,8,10,15H2,1H3. The molecule has 0 spiro atoms. The van der Waals surface area contributed by atoms with Gasteiger partial charge in [0.25, 0.3) is 0 Å². The maximum Gasteiger partial charge on any atom is 0.103 e. The van der Waals surface area contributed by atoms with Gasteiger partial charge in [-0.1, -0.05) is 37.3 Å². The zero-order valence-corrected chi connectivity index (χ0v) is 12.1. The van der Waals surface area contributed by atoms with Gasteiger partial charge in [-0.05, 0) is 11.3 Å². The van der Waals surface area contributed by atoms with E-state index in [2.05, 4.69) is 29.4 Å². The molecule has 0 aliphatic heterocycles. The molecule has 96 valence electrons. The molecule has 2 rings (SSSR count). The Kier molecular flexibility index (Phi) is 5.23. The molecule has 0 radical (unpaired) electrons. The van der Waals surface area contributed by atoms with E-state index in [1.807, 2.05) is 30.0 Å². The van der Waals surface area contributed by atoms with Gasteiger partial charge >= 0.3 is 0 Å². The first-order valence-electron chi connectivity index (χ1n) is 6.11. The Morgan fingerprint density at radius 1 is 1.33 bits per heavy atom. The fraction of sp³-hybridized carbons (Fsp3) is 0.357. The van der Waals surface area contributed by atoms with Crippen LogP contribution in [0.4, 0.5) is 0 Å². The van der Waals surface area contributed by atoms with E-state index >= 15 is 0 Å². The summed E-state index contributed by atoms with van der Waals surface area (Å²) in [6.45, 7) is 2.17. The van der Waals surface area contributed by atoms with Crippen molar-refractivity contribution >= 4 is 23.1 Å². The van der Waals surface area contributed by atoms with E-state index in [0.717, 1.165) is 23.6 Å². The Morgan fingerprint density at radius 2 is 2.11 bits per heavy atom. The molecule has 1 heterocycles. The van der Waals surface area contributed by atoms with Gasteiger partial charge in [-0.15, -0.1) is 11.3 Å². The summed E-state index contributed by atoms with van der Waals surface area (Å²) in [7, 11) is 0. The Labute approximate surface area is 117 Å². The first-order valence-corrected chi connectivity index (χ1v) is 8.14. The number of nitrogens with two attached hydrogens (primary N) is 1. The quantitative estimate of drug-likeness (QED) is 0.877. The lowest BCUT2D eigenvalue weighted by atomic mass is 10.0. The highest BCUT2D eigenvalue weighted by molar-refractivity contribution is 7.98. The van der Waals surface area contributed by atoms with E-state index in [1.165, 1.54) is 10.6 Å². The normalized spacial score (nSPS) is 12.6. The maximum absolute atomic E-state index is 6.20. The minimum absolute atomic E-state index is 0.0416. The SMILES string of the molecule is CCSCc1nc(CC(N)c2ccccc2)cs1. The first-order chi connectivity index (χ1) is 8.79. The number of thiazole rings is 1. The number of benzene rings is 1. The molecular formula is C14H18N2S2. The van der Waals surface area contributed by atoms with Crippen molar-refractivity contribution < 1.29 is 0 Å². The van der Waals surface area contributed by atoms with Crippen LogP contribution < -0.4 is 5.73 Å². The molecule has 0 fully saturated rings. The highest BCUT2D eigenvalue weighted by Gasteiger charge is 2.09. The highest BCUT2D eigenvalue weighted by atomic mass is 32.2. The van der Waals surface area contributed by atoms with Crippen molar-refractivity contribution in [1.29, 1.82) is 0 Å². The Bertz CT molecular complexity index is 468. The van der Waals surface area contributed by atoms with Crippen molar-refractivity contribution in [2.75, 3.05) is 5.75 Å². The van der Waals surface area contributed by atoms with Gasteiger partial charge in [0.05, 0.1) is 5.69 Å². The third-order valence-electron chi connectivity index (χ3n) is 2.69. The summed E-state index contributed by atoms with van der Waals surface area (Å²) >= 11 is 3.65. The Morgan fingerprint density at radius 3 is 2.83 bits per heavy atom. The number of hydrogen-bond acceptors (Lipinski definition) is 4. The van der Waals surface area contributed by atoms with Crippen molar-refractivity contribution in [1.82, 2.24) is 4.98 Å². The van der Waals surface area contributed by atoms with Crippen LogP contribution in [0, 0.1) is 0 Å². The fourth-order valence-corrected chi connectivity index (χ4v) is 3.30. The van der Waals surface area contributed by atoms with Gasteiger partial charge in [0.15, 0.2) is 0 Å². The molecule has 1 unspecified atom stereocenters. The molecule has 18 heavy (non-hydrogen) atoms. The van der Waals surface area contributed by atoms with E-state index in [9.17, 15) is 0 Å². The van der Waals surface area contributed by atoms with Crippen LogP contribution in [0.5, 0.6) is 0 Å². The molecular weight excluding hydrogens is 260 g/mol. The van der Waals surface area contributed by atoms with Crippen LogP contribution in [-0.2, 0) is 12.2 Å². The predicted molar refractivity (Wildman–Crippen MR) is 81.0 cm³/mol. The number of aromatic nitrogens is 1. The van der Waals surface area contributed by atoms with Gasteiger partial charge in [0.2, 0.25) is 0 Å². The molecule has 2 nitrogen and oxygen atoms in total. The topological polar surface area (TPSA) is 38.9 Å². The van der Waals surface area contributed by atoms with E-state index in [0.29, 0.717) is 0 Å². The van der Waals surface area contributed by atoms with Crippen LogP contribution in [0.1, 0.15) is 29.2 Å². The average Bonchev–Trinajstić information content (AvgIpc) is 2.85. The van der Waals surface area contributed by atoms with Gasteiger partial charge in [-0.25, -0.2) is 4.98 Å². The van der Waals surface area contributed by atoms with Crippen LogP contribution in [0.25, 0.3) is 0 Å². The van der Waals surface area contributed by atoms with Crippen molar-refractivity contribution in [3.05, 3.63) is 52.0 Å². The minimum Gasteiger partial charge on any atom is -0.324 e. The largest absolute Gasteiger partial charge is 0.324 e.